The van der Waals surface area contributed by atoms with Gasteiger partial charge in [0.05, 0.1) is 17.9 Å². The smallest absolute Gasteiger partial charge is 0.126 e. The van der Waals surface area contributed by atoms with Crippen LogP contribution in [0.2, 0.25) is 0 Å². The zero-order chi connectivity index (χ0) is 22.6. The third kappa shape index (κ3) is 3.40. The molecule has 0 unspecified atom stereocenters. The SMILES string of the molecule is C=COC(/C=C\C(=C)C1(c2ccc(OC=C)cc2)c2ccccc2-c2ccccc21)=C/C. The van der Waals surface area contributed by atoms with Crippen molar-refractivity contribution >= 4 is 0 Å². The van der Waals surface area contributed by atoms with Crippen LogP contribution in [0.4, 0.5) is 0 Å². The molecule has 2 nitrogen and oxygen atoms in total. The maximum absolute atomic E-state index is 5.50. The van der Waals surface area contributed by atoms with Gasteiger partial charge in [-0.3, -0.25) is 0 Å². The van der Waals surface area contributed by atoms with Crippen LogP contribution in [-0.4, -0.2) is 0 Å². The highest BCUT2D eigenvalue weighted by Gasteiger charge is 2.45. The van der Waals surface area contributed by atoms with E-state index in [2.05, 4.69) is 80.4 Å². The zero-order valence-electron chi connectivity index (χ0n) is 18.3. The van der Waals surface area contributed by atoms with E-state index >= 15 is 0 Å². The highest BCUT2D eigenvalue weighted by molar-refractivity contribution is 5.86. The second kappa shape index (κ2) is 8.99. The van der Waals surface area contributed by atoms with Gasteiger partial charge in [-0.25, -0.2) is 0 Å². The van der Waals surface area contributed by atoms with Crippen molar-refractivity contribution < 1.29 is 9.47 Å². The minimum absolute atomic E-state index is 0.538. The number of ether oxygens (including phenoxy) is 2. The highest BCUT2D eigenvalue weighted by atomic mass is 16.5. The summed E-state index contributed by atoms with van der Waals surface area (Å²) in [7, 11) is 0. The maximum atomic E-state index is 5.50. The van der Waals surface area contributed by atoms with Crippen LogP contribution in [0.5, 0.6) is 5.75 Å². The Hall–Kier alpha value is -4.04. The van der Waals surface area contributed by atoms with Gasteiger partial charge in [-0.1, -0.05) is 86.5 Å². The fourth-order valence-electron chi connectivity index (χ4n) is 4.56. The first-order valence-electron chi connectivity index (χ1n) is 10.6. The summed E-state index contributed by atoms with van der Waals surface area (Å²) in [6.07, 6.45) is 8.73. The maximum Gasteiger partial charge on any atom is 0.126 e. The molecule has 0 spiro atoms. The highest BCUT2D eigenvalue weighted by Crippen LogP contribution is 2.56. The van der Waals surface area contributed by atoms with E-state index in [0.717, 1.165) is 16.9 Å². The predicted molar refractivity (Wildman–Crippen MR) is 132 cm³/mol. The van der Waals surface area contributed by atoms with Gasteiger partial charge in [0, 0.05) is 0 Å². The molecule has 0 saturated carbocycles. The summed E-state index contributed by atoms with van der Waals surface area (Å²) in [5.41, 5.74) is 6.38. The van der Waals surface area contributed by atoms with Crippen LogP contribution >= 0.6 is 0 Å². The molecule has 4 rings (SSSR count). The number of allylic oxidation sites excluding steroid dienone is 4. The van der Waals surface area contributed by atoms with Crippen LogP contribution in [0.25, 0.3) is 11.1 Å². The number of benzene rings is 3. The fourth-order valence-corrected chi connectivity index (χ4v) is 4.56. The Balaban J connectivity index is 1.96. The summed E-state index contributed by atoms with van der Waals surface area (Å²) >= 11 is 0. The molecular weight excluding hydrogens is 392 g/mol. The normalized spacial score (nSPS) is 13.8. The second-order valence-electron chi connectivity index (χ2n) is 7.48. The van der Waals surface area contributed by atoms with Crippen LogP contribution in [0.15, 0.2) is 135 Å². The van der Waals surface area contributed by atoms with Crippen molar-refractivity contribution in [2.75, 3.05) is 0 Å². The van der Waals surface area contributed by atoms with Gasteiger partial charge >= 0.3 is 0 Å². The van der Waals surface area contributed by atoms with Crippen molar-refractivity contribution in [3.05, 3.63) is 151 Å². The minimum atomic E-state index is -0.538. The summed E-state index contributed by atoms with van der Waals surface area (Å²) in [6, 6.07) is 25.2. The van der Waals surface area contributed by atoms with Gasteiger partial charge in [0.2, 0.25) is 0 Å². The van der Waals surface area contributed by atoms with Crippen molar-refractivity contribution in [2.24, 2.45) is 0 Å². The van der Waals surface area contributed by atoms with Crippen LogP contribution in [0, 0.1) is 0 Å². The van der Waals surface area contributed by atoms with Gasteiger partial charge in [0.15, 0.2) is 0 Å². The molecule has 158 valence electrons. The molecule has 0 saturated heterocycles. The van der Waals surface area contributed by atoms with Crippen LogP contribution < -0.4 is 4.74 Å². The van der Waals surface area contributed by atoms with Crippen molar-refractivity contribution in [1.29, 1.82) is 0 Å². The molecule has 0 atom stereocenters. The molecule has 0 N–H and O–H groups in total. The van der Waals surface area contributed by atoms with Crippen molar-refractivity contribution in [3.8, 4) is 16.9 Å². The number of rotatable bonds is 8. The summed E-state index contributed by atoms with van der Waals surface area (Å²) in [5, 5.41) is 0. The molecule has 1 aliphatic rings. The Morgan fingerprint density at radius 3 is 1.91 bits per heavy atom. The Bertz CT molecular complexity index is 1180. The van der Waals surface area contributed by atoms with Crippen LogP contribution in [0.3, 0.4) is 0 Å². The van der Waals surface area contributed by atoms with Crippen LogP contribution in [-0.2, 0) is 10.2 Å². The lowest BCUT2D eigenvalue weighted by molar-refractivity contribution is 0.369. The largest absolute Gasteiger partial charge is 0.466 e. The van der Waals surface area contributed by atoms with E-state index in [1.165, 1.54) is 34.8 Å². The Morgan fingerprint density at radius 2 is 1.38 bits per heavy atom. The second-order valence-corrected chi connectivity index (χ2v) is 7.48. The molecule has 32 heavy (non-hydrogen) atoms. The molecule has 0 fully saturated rings. The first-order valence-corrected chi connectivity index (χ1v) is 10.6. The van der Waals surface area contributed by atoms with E-state index in [4.69, 9.17) is 9.47 Å². The van der Waals surface area contributed by atoms with E-state index in [1.54, 1.807) is 0 Å². The van der Waals surface area contributed by atoms with E-state index in [0.29, 0.717) is 5.76 Å². The molecule has 1 aliphatic carbocycles. The van der Waals surface area contributed by atoms with Gasteiger partial charge in [0.1, 0.15) is 11.5 Å². The van der Waals surface area contributed by atoms with E-state index < -0.39 is 5.41 Å². The van der Waals surface area contributed by atoms with Crippen molar-refractivity contribution in [2.45, 2.75) is 12.3 Å². The molecule has 0 heterocycles. The Labute approximate surface area is 190 Å². The molecule has 3 aromatic carbocycles. The average Bonchev–Trinajstić information content (AvgIpc) is 3.14. The monoisotopic (exact) mass is 418 g/mol. The fraction of sp³-hybridized carbons (Fsp3) is 0.0667. The first kappa shape index (κ1) is 21.2. The molecule has 0 aromatic heterocycles. The number of hydrogen-bond donors (Lipinski definition) is 0. The summed E-state index contributed by atoms with van der Waals surface area (Å²) < 4.78 is 11.0. The van der Waals surface area contributed by atoms with Crippen molar-refractivity contribution in [1.82, 2.24) is 0 Å². The lowest BCUT2D eigenvalue weighted by atomic mass is 9.67. The summed E-state index contributed by atoms with van der Waals surface area (Å²) in [5.74, 6) is 1.46. The molecule has 0 radical (unpaired) electrons. The first-order chi connectivity index (χ1) is 15.7. The van der Waals surface area contributed by atoms with Gasteiger partial charge in [0.25, 0.3) is 0 Å². The van der Waals surface area contributed by atoms with E-state index in [-0.39, 0.29) is 0 Å². The topological polar surface area (TPSA) is 18.5 Å². The van der Waals surface area contributed by atoms with Gasteiger partial charge in [-0.05, 0) is 64.6 Å². The standard InChI is InChI=1S/C30H26O2/c1-5-24(31-6-2)19-16-22(4)30(23-17-20-25(21-18-23)32-7-3)28-14-10-8-12-26(28)27-13-9-11-15-29(27)30/h5-21H,2-4H2,1H3/b19-16-,24-5+. The number of fused-ring (bicyclic) bond motifs is 3. The lowest BCUT2D eigenvalue weighted by Gasteiger charge is -2.34. The van der Waals surface area contributed by atoms with Gasteiger partial charge in [-0.2, -0.15) is 0 Å². The van der Waals surface area contributed by atoms with E-state index in [1.807, 2.05) is 37.3 Å². The van der Waals surface area contributed by atoms with Gasteiger partial charge in [-0.15, -0.1) is 0 Å². The molecule has 0 amide bonds. The zero-order valence-corrected chi connectivity index (χ0v) is 18.3. The van der Waals surface area contributed by atoms with Crippen molar-refractivity contribution in [3.63, 3.8) is 0 Å². The lowest BCUT2D eigenvalue weighted by Crippen LogP contribution is -2.28. The van der Waals surface area contributed by atoms with Crippen LogP contribution in [0.1, 0.15) is 23.6 Å². The Kier molecular flexibility index (Phi) is 5.96. The molecule has 0 aliphatic heterocycles. The third-order valence-corrected chi connectivity index (χ3v) is 5.89. The minimum Gasteiger partial charge on any atom is -0.466 e. The molecule has 0 bridgehead atoms. The predicted octanol–water partition coefficient (Wildman–Crippen LogP) is 7.70. The summed E-state index contributed by atoms with van der Waals surface area (Å²) in [6.45, 7) is 13.8. The third-order valence-electron chi connectivity index (χ3n) is 5.89. The molecule has 3 aromatic rings. The summed E-state index contributed by atoms with van der Waals surface area (Å²) in [4.78, 5) is 0. The quantitative estimate of drug-likeness (QED) is 0.276. The Morgan fingerprint density at radius 1 is 0.781 bits per heavy atom. The molecular formula is C30H26O2. The molecule has 2 heteroatoms. The van der Waals surface area contributed by atoms with Gasteiger partial charge < -0.3 is 9.47 Å². The van der Waals surface area contributed by atoms with E-state index in [9.17, 15) is 0 Å². The average molecular weight is 419 g/mol. The number of hydrogen-bond acceptors (Lipinski definition) is 2.